The minimum Gasteiger partial charge on any atom is -0.497 e. The second-order valence-electron chi connectivity index (χ2n) is 7.11. The molecule has 0 fully saturated rings. The molecule has 1 atom stereocenters. The lowest BCUT2D eigenvalue weighted by atomic mass is 10.0. The highest BCUT2D eigenvalue weighted by molar-refractivity contribution is 7.89. The van der Waals surface area contributed by atoms with Gasteiger partial charge in [-0.3, -0.25) is 4.79 Å². The number of likely N-dealkylation sites (N-methyl/N-ethyl adjacent to an activating group) is 1. The lowest BCUT2D eigenvalue weighted by molar-refractivity contribution is -0.121. The predicted octanol–water partition coefficient (Wildman–Crippen LogP) is 2.68. The first kappa shape index (κ1) is 20.4. The van der Waals surface area contributed by atoms with Crippen LogP contribution in [0.2, 0.25) is 0 Å². The van der Waals surface area contributed by atoms with E-state index in [0.29, 0.717) is 5.75 Å². The van der Waals surface area contributed by atoms with Crippen LogP contribution in [0.25, 0.3) is 0 Å². The summed E-state index contributed by atoms with van der Waals surface area (Å²) in [6.07, 6.45) is 3.37. The summed E-state index contributed by atoms with van der Waals surface area (Å²) in [5, 5.41) is 2.90. The molecular formula is C21H26N2O4S. The fourth-order valence-electron chi connectivity index (χ4n) is 3.45. The van der Waals surface area contributed by atoms with Crippen molar-refractivity contribution < 1.29 is 17.9 Å². The number of nitrogens with one attached hydrogen (secondary N) is 1. The number of carbonyl (C=O) groups excluding carboxylic acids is 1. The summed E-state index contributed by atoms with van der Waals surface area (Å²) in [7, 11) is -0.833. The summed E-state index contributed by atoms with van der Waals surface area (Å²) in [4.78, 5) is 12.5. The molecule has 1 amide bonds. The van der Waals surface area contributed by atoms with Crippen molar-refractivity contribution in [3.8, 4) is 5.75 Å². The molecule has 6 nitrogen and oxygen atoms in total. The largest absolute Gasteiger partial charge is 0.497 e. The number of benzene rings is 2. The normalized spacial score (nSPS) is 14.6. The second-order valence-corrected chi connectivity index (χ2v) is 9.15. The molecule has 0 saturated heterocycles. The Morgan fingerprint density at radius 3 is 2.50 bits per heavy atom. The van der Waals surface area contributed by atoms with Crippen LogP contribution in [0.5, 0.6) is 5.75 Å². The number of methoxy groups -OCH3 is 1. The minimum absolute atomic E-state index is 0.121. The first-order chi connectivity index (χ1) is 13.3. The number of rotatable bonds is 7. The maximum Gasteiger partial charge on any atom is 0.243 e. The zero-order valence-electron chi connectivity index (χ0n) is 16.4. The summed E-state index contributed by atoms with van der Waals surface area (Å²) in [6.45, 7) is 1.66. The zero-order chi connectivity index (χ0) is 20.3. The smallest absolute Gasteiger partial charge is 0.243 e. The van der Waals surface area contributed by atoms with Crippen molar-refractivity contribution in [2.45, 2.75) is 37.1 Å². The van der Waals surface area contributed by atoms with Gasteiger partial charge in [0.2, 0.25) is 15.9 Å². The van der Waals surface area contributed by atoms with Crippen LogP contribution < -0.4 is 10.1 Å². The van der Waals surface area contributed by atoms with E-state index in [1.807, 2.05) is 13.0 Å². The highest BCUT2D eigenvalue weighted by atomic mass is 32.2. The number of carbonyl (C=O) groups is 1. The topological polar surface area (TPSA) is 75.7 Å². The van der Waals surface area contributed by atoms with Gasteiger partial charge in [-0.25, -0.2) is 8.42 Å². The quantitative estimate of drug-likeness (QED) is 0.773. The molecule has 3 rings (SSSR count). The van der Waals surface area contributed by atoms with Crippen LogP contribution in [0.15, 0.2) is 47.4 Å². The van der Waals surface area contributed by atoms with E-state index in [4.69, 9.17) is 4.74 Å². The van der Waals surface area contributed by atoms with Crippen molar-refractivity contribution >= 4 is 15.9 Å². The standard InChI is InChI=1S/C21H26N2O4S/c1-15(17-8-7-16-5-4-6-18(16)13-17)22-21(24)14-23(2)28(25,26)20-11-9-19(27-3)10-12-20/h7-13,15H,4-6,14H2,1-3H3,(H,22,24). The molecule has 7 heteroatoms. The van der Waals surface area contributed by atoms with Gasteiger partial charge in [0.25, 0.3) is 0 Å². The van der Waals surface area contributed by atoms with Crippen molar-refractivity contribution in [1.82, 2.24) is 9.62 Å². The van der Waals surface area contributed by atoms with Gasteiger partial charge in [0.15, 0.2) is 0 Å². The van der Waals surface area contributed by atoms with Gasteiger partial charge in [0.05, 0.1) is 24.6 Å². The van der Waals surface area contributed by atoms with Gasteiger partial charge in [-0.15, -0.1) is 0 Å². The van der Waals surface area contributed by atoms with Gasteiger partial charge in [0, 0.05) is 7.05 Å². The maximum atomic E-state index is 12.7. The molecule has 1 unspecified atom stereocenters. The lowest BCUT2D eigenvalue weighted by Gasteiger charge is -2.20. The van der Waals surface area contributed by atoms with Crippen LogP contribution in [0.4, 0.5) is 0 Å². The molecular weight excluding hydrogens is 376 g/mol. The third-order valence-electron chi connectivity index (χ3n) is 5.13. The molecule has 1 aliphatic carbocycles. The van der Waals surface area contributed by atoms with E-state index < -0.39 is 10.0 Å². The molecule has 150 valence electrons. The fraction of sp³-hybridized carbons (Fsp3) is 0.381. The highest BCUT2D eigenvalue weighted by Crippen LogP contribution is 2.25. The van der Waals surface area contributed by atoms with E-state index in [2.05, 4.69) is 17.4 Å². The lowest BCUT2D eigenvalue weighted by Crippen LogP contribution is -2.39. The number of hydrogen-bond acceptors (Lipinski definition) is 4. The molecule has 0 saturated carbocycles. The number of amides is 1. The minimum atomic E-state index is -3.75. The molecule has 0 spiro atoms. The van der Waals surface area contributed by atoms with Crippen molar-refractivity contribution in [1.29, 1.82) is 0 Å². The average molecular weight is 403 g/mol. The van der Waals surface area contributed by atoms with E-state index in [0.717, 1.165) is 22.7 Å². The van der Waals surface area contributed by atoms with Crippen molar-refractivity contribution in [3.05, 3.63) is 59.2 Å². The maximum absolute atomic E-state index is 12.7. The number of ether oxygens (including phenoxy) is 1. The summed E-state index contributed by atoms with van der Waals surface area (Å²) < 4.78 is 31.4. The molecule has 0 aromatic heterocycles. The van der Waals surface area contributed by atoms with E-state index >= 15 is 0 Å². The van der Waals surface area contributed by atoms with Crippen molar-refractivity contribution in [2.75, 3.05) is 20.7 Å². The van der Waals surface area contributed by atoms with Crippen LogP contribution in [0.1, 0.15) is 36.1 Å². The van der Waals surface area contributed by atoms with Gasteiger partial charge in [-0.05, 0) is 67.1 Å². The third kappa shape index (κ3) is 4.36. The molecule has 1 N–H and O–H groups in total. The van der Waals surface area contributed by atoms with Gasteiger partial charge >= 0.3 is 0 Å². The van der Waals surface area contributed by atoms with Crippen LogP contribution in [0.3, 0.4) is 0 Å². The Morgan fingerprint density at radius 2 is 1.82 bits per heavy atom. The first-order valence-corrected chi connectivity index (χ1v) is 10.8. The number of aryl methyl sites for hydroxylation is 2. The third-order valence-corrected chi connectivity index (χ3v) is 6.95. The van der Waals surface area contributed by atoms with E-state index in [1.165, 1.54) is 43.8 Å². The molecule has 28 heavy (non-hydrogen) atoms. The number of sulfonamides is 1. The number of nitrogens with zero attached hydrogens (tertiary/aromatic N) is 1. The zero-order valence-corrected chi connectivity index (χ0v) is 17.3. The van der Waals surface area contributed by atoms with Gasteiger partial charge in [0.1, 0.15) is 5.75 Å². The van der Waals surface area contributed by atoms with Crippen molar-refractivity contribution in [3.63, 3.8) is 0 Å². The predicted molar refractivity (Wildman–Crippen MR) is 108 cm³/mol. The number of hydrogen-bond donors (Lipinski definition) is 1. The van der Waals surface area contributed by atoms with Crippen LogP contribution in [0, 0.1) is 0 Å². The molecule has 0 aliphatic heterocycles. The summed E-state index contributed by atoms with van der Waals surface area (Å²) >= 11 is 0. The molecule has 2 aromatic rings. The fourth-order valence-corrected chi connectivity index (χ4v) is 4.57. The monoisotopic (exact) mass is 402 g/mol. The van der Waals surface area contributed by atoms with E-state index in [1.54, 1.807) is 12.1 Å². The van der Waals surface area contributed by atoms with Gasteiger partial charge in [-0.2, -0.15) is 4.31 Å². The molecule has 2 aromatic carbocycles. The molecule has 0 heterocycles. The Morgan fingerprint density at radius 1 is 1.14 bits per heavy atom. The van der Waals surface area contributed by atoms with E-state index in [9.17, 15) is 13.2 Å². The second kappa shape index (κ2) is 8.32. The van der Waals surface area contributed by atoms with Gasteiger partial charge in [-0.1, -0.05) is 18.2 Å². The van der Waals surface area contributed by atoms with Gasteiger partial charge < -0.3 is 10.1 Å². The van der Waals surface area contributed by atoms with Crippen molar-refractivity contribution in [2.24, 2.45) is 0 Å². The van der Waals surface area contributed by atoms with Crippen LogP contribution in [-0.4, -0.2) is 39.3 Å². The van der Waals surface area contributed by atoms with E-state index in [-0.39, 0.29) is 23.4 Å². The first-order valence-electron chi connectivity index (χ1n) is 9.32. The Labute approximate surface area is 166 Å². The van der Waals surface area contributed by atoms with Crippen LogP contribution in [-0.2, 0) is 27.7 Å². The number of fused-ring (bicyclic) bond motifs is 1. The summed E-state index contributed by atoms with van der Waals surface area (Å²) in [5.41, 5.74) is 3.76. The molecule has 0 radical (unpaired) electrons. The SMILES string of the molecule is COc1ccc(S(=O)(=O)N(C)CC(=O)NC(C)c2ccc3c(c2)CCC3)cc1. The Hall–Kier alpha value is -2.38. The average Bonchev–Trinajstić information content (AvgIpc) is 3.15. The Bertz CT molecular complexity index is 955. The summed E-state index contributed by atoms with van der Waals surface area (Å²) in [5.74, 6) is 0.232. The Kier molecular flexibility index (Phi) is 6.05. The molecule has 1 aliphatic rings. The Balaban J connectivity index is 1.63. The molecule has 0 bridgehead atoms. The summed E-state index contributed by atoms with van der Waals surface area (Å²) in [6, 6.07) is 12.2. The highest BCUT2D eigenvalue weighted by Gasteiger charge is 2.24. The van der Waals surface area contributed by atoms with Crippen LogP contribution >= 0.6 is 0 Å².